The summed E-state index contributed by atoms with van der Waals surface area (Å²) in [5, 5.41) is 8.40. The number of pyridine rings is 1. The molecule has 2 aromatic carbocycles. The van der Waals surface area contributed by atoms with E-state index in [1.165, 1.54) is 5.56 Å². The van der Waals surface area contributed by atoms with Crippen molar-refractivity contribution >= 4 is 32.5 Å². The Hall–Kier alpha value is -3.52. The minimum Gasteiger partial charge on any atom is -0.322 e. The maximum absolute atomic E-state index is 13.7. The number of aryl methyl sites for hydroxylation is 4. The Labute approximate surface area is 211 Å². The first-order chi connectivity index (χ1) is 17.1. The molecule has 2 aromatic heterocycles. The highest BCUT2D eigenvalue weighted by atomic mass is 32.2. The van der Waals surface area contributed by atoms with Crippen LogP contribution in [0.4, 0.5) is 5.69 Å². The fourth-order valence-electron chi connectivity index (χ4n) is 4.92. The summed E-state index contributed by atoms with van der Waals surface area (Å²) in [4.78, 5) is 18.6. The number of carbonyl (C=O) groups is 1. The normalized spacial score (nSPS) is 16.9. The van der Waals surface area contributed by atoms with E-state index in [9.17, 15) is 13.2 Å². The summed E-state index contributed by atoms with van der Waals surface area (Å²) in [5.41, 5.74) is 7.26. The van der Waals surface area contributed by atoms with E-state index >= 15 is 0 Å². The van der Waals surface area contributed by atoms with E-state index in [-0.39, 0.29) is 23.5 Å². The molecular formula is C28H30N4O3S. The summed E-state index contributed by atoms with van der Waals surface area (Å²) in [6.07, 6.45) is 1.41. The van der Waals surface area contributed by atoms with Gasteiger partial charge in [-0.25, -0.2) is 18.1 Å². The van der Waals surface area contributed by atoms with Crippen LogP contribution in [0.15, 0.2) is 48.5 Å². The van der Waals surface area contributed by atoms with E-state index in [4.69, 9.17) is 4.98 Å². The SMILES string of the molecule is CCc1ccc(-c2cc(C(=O)Nc3ccc(C)cc3C)c3c(C)nn(C4CCS(=O)(=O)C4)c3n2)cc1. The van der Waals surface area contributed by atoms with Crippen molar-refractivity contribution < 1.29 is 13.2 Å². The molecule has 1 fully saturated rings. The number of fused-ring (bicyclic) bond motifs is 1. The highest BCUT2D eigenvalue weighted by molar-refractivity contribution is 7.91. The number of amides is 1. The Morgan fingerprint density at radius 1 is 1.08 bits per heavy atom. The number of carbonyl (C=O) groups excluding carboxylic acids is 1. The average molecular weight is 503 g/mol. The van der Waals surface area contributed by atoms with Crippen molar-refractivity contribution in [1.29, 1.82) is 0 Å². The second-order valence-electron chi connectivity index (χ2n) is 9.66. The van der Waals surface area contributed by atoms with Crippen LogP contribution in [0.1, 0.15) is 52.1 Å². The van der Waals surface area contributed by atoms with Gasteiger partial charge >= 0.3 is 0 Å². The van der Waals surface area contributed by atoms with E-state index in [1.807, 2.05) is 57.2 Å². The van der Waals surface area contributed by atoms with Gasteiger partial charge in [0, 0.05) is 11.3 Å². The third-order valence-corrected chi connectivity index (χ3v) is 8.67. The smallest absolute Gasteiger partial charge is 0.256 e. The average Bonchev–Trinajstić information content (AvgIpc) is 3.38. The molecule has 3 heterocycles. The first-order valence-corrected chi connectivity index (χ1v) is 14.1. The van der Waals surface area contributed by atoms with Crippen LogP contribution in [0.25, 0.3) is 22.3 Å². The second kappa shape index (κ2) is 9.17. The zero-order valence-corrected chi connectivity index (χ0v) is 21.8. The maximum Gasteiger partial charge on any atom is 0.256 e. The number of nitrogens with one attached hydrogen (secondary N) is 1. The van der Waals surface area contributed by atoms with Crippen LogP contribution in [0.2, 0.25) is 0 Å². The van der Waals surface area contributed by atoms with Crippen LogP contribution in [0.3, 0.4) is 0 Å². The third kappa shape index (κ3) is 4.53. The highest BCUT2D eigenvalue weighted by Crippen LogP contribution is 2.33. The van der Waals surface area contributed by atoms with Crippen LogP contribution >= 0.6 is 0 Å². The Kier molecular flexibility index (Phi) is 6.16. The number of anilines is 1. The lowest BCUT2D eigenvalue weighted by molar-refractivity contribution is 0.102. The van der Waals surface area contributed by atoms with E-state index in [1.54, 1.807) is 4.68 Å². The van der Waals surface area contributed by atoms with Gasteiger partial charge in [-0.15, -0.1) is 0 Å². The predicted octanol–water partition coefficient (Wildman–Crippen LogP) is 5.20. The van der Waals surface area contributed by atoms with Gasteiger partial charge in [-0.2, -0.15) is 5.10 Å². The quantitative estimate of drug-likeness (QED) is 0.405. The van der Waals surface area contributed by atoms with Crippen molar-refractivity contribution in [3.63, 3.8) is 0 Å². The van der Waals surface area contributed by atoms with Gasteiger partial charge in [0.05, 0.1) is 39.9 Å². The number of hydrogen-bond acceptors (Lipinski definition) is 5. The van der Waals surface area contributed by atoms with Crippen LogP contribution in [-0.4, -0.2) is 40.6 Å². The third-order valence-electron chi connectivity index (χ3n) is 6.92. The fraction of sp³-hybridized carbons (Fsp3) is 0.321. The van der Waals surface area contributed by atoms with E-state index in [2.05, 4.69) is 29.5 Å². The molecule has 8 heteroatoms. The molecule has 0 radical (unpaired) electrons. The first-order valence-electron chi connectivity index (χ1n) is 12.2. The highest BCUT2D eigenvalue weighted by Gasteiger charge is 2.32. The Morgan fingerprint density at radius 3 is 2.47 bits per heavy atom. The summed E-state index contributed by atoms with van der Waals surface area (Å²) < 4.78 is 26.1. The lowest BCUT2D eigenvalue weighted by Crippen LogP contribution is -2.15. The lowest BCUT2D eigenvalue weighted by Gasteiger charge is -2.13. The number of rotatable bonds is 5. The zero-order chi connectivity index (χ0) is 25.6. The molecule has 0 aliphatic carbocycles. The Balaban J connectivity index is 1.67. The summed E-state index contributed by atoms with van der Waals surface area (Å²) >= 11 is 0. The molecule has 1 aliphatic rings. The largest absolute Gasteiger partial charge is 0.322 e. The molecule has 1 saturated heterocycles. The van der Waals surface area contributed by atoms with Crippen LogP contribution < -0.4 is 5.32 Å². The summed E-state index contributed by atoms with van der Waals surface area (Å²) in [6, 6.07) is 15.5. The van der Waals surface area contributed by atoms with Crippen molar-refractivity contribution in [1.82, 2.24) is 14.8 Å². The van der Waals surface area contributed by atoms with Gasteiger partial charge < -0.3 is 5.32 Å². The minimum absolute atomic E-state index is 0.0322. The van der Waals surface area contributed by atoms with Gasteiger partial charge in [-0.1, -0.05) is 48.9 Å². The predicted molar refractivity (Wildman–Crippen MR) is 143 cm³/mol. The van der Waals surface area contributed by atoms with Crippen LogP contribution in [-0.2, 0) is 16.3 Å². The molecule has 0 spiro atoms. The standard InChI is InChI=1S/C28H30N4O3S/c1-5-20-7-9-21(10-8-20)25-15-23(28(33)30-24-11-6-17(2)14-18(24)3)26-19(4)31-32(27(26)29-25)22-12-13-36(34,35)16-22/h6-11,14-15,22H,5,12-13,16H2,1-4H3,(H,30,33). The number of nitrogens with zero attached hydrogens (tertiary/aromatic N) is 3. The van der Waals surface area contributed by atoms with Gasteiger partial charge in [0.1, 0.15) is 0 Å². The van der Waals surface area contributed by atoms with Gasteiger partial charge in [-0.05, 0) is 56.9 Å². The lowest BCUT2D eigenvalue weighted by atomic mass is 10.0. The topological polar surface area (TPSA) is 94.0 Å². The molecule has 1 aliphatic heterocycles. The van der Waals surface area contributed by atoms with Gasteiger partial charge in [0.2, 0.25) is 0 Å². The van der Waals surface area contributed by atoms with Gasteiger partial charge in [-0.3, -0.25) is 4.79 Å². The Bertz CT molecular complexity index is 1590. The number of benzene rings is 2. The molecule has 1 unspecified atom stereocenters. The number of hydrogen-bond donors (Lipinski definition) is 1. The molecule has 5 rings (SSSR count). The van der Waals surface area contributed by atoms with Crippen molar-refractivity contribution in [3.05, 3.63) is 76.5 Å². The summed E-state index contributed by atoms with van der Waals surface area (Å²) in [6.45, 7) is 7.93. The fourth-order valence-corrected chi connectivity index (χ4v) is 6.61. The molecule has 1 N–H and O–H groups in total. The first kappa shape index (κ1) is 24.2. The van der Waals surface area contributed by atoms with Crippen molar-refractivity contribution in [2.45, 2.75) is 46.6 Å². The molecule has 1 amide bonds. The monoisotopic (exact) mass is 502 g/mol. The number of sulfone groups is 1. The minimum atomic E-state index is -3.12. The Morgan fingerprint density at radius 2 is 1.83 bits per heavy atom. The van der Waals surface area contributed by atoms with Crippen molar-refractivity contribution in [2.75, 3.05) is 16.8 Å². The van der Waals surface area contributed by atoms with Crippen molar-refractivity contribution in [3.8, 4) is 11.3 Å². The van der Waals surface area contributed by atoms with E-state index in [0.29, 0.717) is 34.4 Å². The maximum atomic E-state index is 13.7. The molecule has 7 nitrogen and oxygen atoms in total. The van der Waals surface area contributed by atoms with E-state index < -0.39 is 9.84 Å². The number of aromatic nitrogens is 3. The summed E-state index contributed by atoms with van der Waals surface area (Å²) in [5.74, 6) is -0.0803. The second-order valence-corrected chi connectivity index (χ2v) is 11.9. The molecule has 36 heavy (non-hydrogen) atoms. The van der Waals surface area contributed by atoms with Gasteiger partial charge in [0.15, 0.2) is 15.5 Å². The molecular weight excluding hydrogens is 472 g/mol. The molecule has 186 valence electrons. The molecule has 0 saturated carbocycles. The molecule has 4 aromatic rings. The zero-order valence-electron chi connectivity index (χ0n) is 21.0. The van der Waals surface area contributed by atoms with E-state index in [0.717, 1.165) is 28.8 Å². The van der Waals surface area contributed by atoms with Crippen molar-refractivity contribution in [2.24, 2.45) is 0 Å². The molecule has 0 bridgehead atoms. The van der Waals surface area contributed by atoms with Gasteiger partial charge in [0.25, 0.3) is 5.91 Å². The molecule has 1 atom stereocenters. The summed E-state index contributed by atoms with van der Waals surface area (Å²) in [7, 11) is -3.12. The van der Waals surface area contributed by atoms with Crippen LogP contribution in [0.5, 0.6) is 0 Å². The van der Waals surface area contributed by atoms with Crippen LogP contribution in [0, 0.1) is 20.8 Å².